The normalized spacial score (nSPS) is 18.3. The second-order valence-corrected chi connectivity index (χ2v) is 6.92. The number of carbonyl (C=O) groups is 1. The molecule has 0 spiro atoms. The van der Waals surface area contributed by atoms with Gasteiger partial charge in [-0.05, 0) is 19.8 Å². The van der Waals surface area contributed by atoms with Gasteiger partial charge in [-0.1, -0.05) is 19.3 Å². The van der Waals surface area contributed by atoms with Crippen molar-refractivity contribution in [2.24, 2.45) is 0 Å². The number of rotatable bonds is 5. The molecule has 0 saturated heterocycles. The summed E-state index contributed by atoms with van der Waals surface area (Å²) in [6.45, 7) is 1.50. The van der Waals surface area contributed by atoms with Gasteiger partial charge in [0.2, 0.25) is 15.9 Å². The molecule has 1 aliphatic carbocycles. The Morgan fingerprint density at radius 3 is 2.41 bits per heavy atom. The van der Waals surface area contributed by atoms with Crippen LogP contribution in [0.5, 0.6) is 0 Å². The molecule has 1 saturated carbocycles. The van der Waals surface area contributed by atoms with Gasteiger partial charge in [0, 0.05) is 13.1 Å². The highest BCUT2D eigenvalue weighted by atomic mass is 32.2. The Labute approximate surface area is 104 Å². The lowest BCUT2D eigenvalue weighted by atomic mass is 9.95. The van der Waals surface area contributed by atoms with E-state index < -0.39 is 10.0 Å². The highest BCUT2D eigenvalue weighted by molar-refractivity contribution is 7.89. The Bertz CT molecular complexity index is 348. The summed E-state index contributed by atoms with van der Waals surface area (Å²) in [5, 5.41) is 2.90. The third kappa shape index (κ3) is 4.63. The van der Waals surface area contributed by atoms with E-state index >= 15 is 0 Å². The SMILES string of the molecule is CCS(=O)(=O)N(C)CC(=O)NC1CCCCC1. The van der Waals surface area contributed by atoms with Gasteiger partial charge >= 0.3 is 0 Å². The maximum Gasteiger partial charge on any atom is 0.235 e. The van der Waals surface area contributed by atoms with Crippen LogP contribution in [-0.4, -0.2) is 44.0 Å². The summed E-state index contributed by atoms with van der Waals surface area (Å²) in [4.78, 5) is 11.7. The Balaban J connectivity index is 2.38. The molecule has 1 aliphatic rings. The van der Waals surface area contributed by atoms with Crippen molar-refractivity contribution >= 4 is 15.9 Å². The molecule has 0 bridgehead atoms. The maximum absolute atomic E-state index is 11.7. The largest absolute Gasteiger partial charge is 0.352 e. The van der Waals surface area contributed by atoms with E-state index in [1.54, 1.807) is 6.92 Å². The first-order valence-corrected chi connectivity index (χ1v) is 7.80. The fraction of sp³-hybridized carbons (Fsp3) is 0.909. The molecule has 0 aromatic carbocycles. The van der Waals surface area contributed by atoms with Crippen LogP contribution in [0.3, 0.4) is 0 Å². The summed E-state index contributed by atoms with van der Waals surface area (Å²) in [7, 11) is -1.82. The van der Waals surface area contributed by atoms with Gasteiger partial charge in [-0.25, -0.2) is 8.42 Å². The van der Waals surface area contributed by atoms with Gasteiger partial charge in [-0.15, -0.1) is 0 Å². The maximum atomic E-state index is 11.7. The van der Waals surface area contributed by atoms with Crippen molar-refractivity contribution in [3.63, 3.8) is 0 Å². The smallest absolute Gasteiger partial charge is 0.235 e. The van der Waals surface area contributed by atoms with Crippen molar-refractivity contribution < 1.29 is 13.2 Å². The molecule has 0 atom stereocenters. The Morgan fingerprint density at radius 2 is 1.88 bits per heavy atom. The summed E-state index contributed by atoms with van der Waals surface area (Å²) < 4.78 is 24.1. The van der Waals surface area contributed by atoms with E-state index in [2.05, 4.69) is 5.32 Å². The molecule has 1 fully saturated rings. The summed E-state index contributed by atoms with van der Waals surface area (Å²) in [5.41, 5.74) is 0. The van der Waals surface area contributed by atoms with E-state index in [1.807, 2.05) is 0 Å². The molecule has 1 N–H and O–H groups in total. The molecule has 0 heterocycles. The fourth-order valence-corrected chi connectivity index (χ4v) is 2.80. The van der Waals surface area contributed by atoms with E-state index in [4.69, 9.17) is 0 Å². The van der Waals surface area contributed by atoms with Crippen LogP contribution in [0.2, 0.25) is 0 Å². The first-order chi connectivity index (χ1) is 7.95. The van der Waals surface area contributed by atoms with Crippen LogP contribution in [0.25, 0.3) is 0 Å². The van der Waals surface area contributed by atoms with Crippen molar-refractivity contribution in [1.29, 1.82) is 0 Å². The Hall–Kier alpha value is -0.620. The van der Waals surface area contributed by atoms with E-state index in [-0.39, 0.29) is 24.2 Å². The van der Waals surface area contributed by atoms with Crippen molar-refractivity contribution in [3.05, 3.63) is 0 Å². The van der Waals surface area contributed by atoms with Crippen LogP contribution in [-0.2, 0) is 14.8 Å². The lowest BCUT2D eigenvalue weighted by molar-refractivity contribution is -0.122. The molecular formula is C11H22N2O3S. The third-order valence-corrected chi connectivity index (χ3v) is 4.98. The summed E-state index contributed by atoms with van der Waals surface area (Å²) in [5.74, 6) is -0.170. The summed E-state index contributed by atoms with van der Waals surface area (Å²) in [6.07, 6.45) is 5.55. The van der Waals surface area contributed by atoms with Crippen LogP contribution in [0.15, 0.2) is 0 Å². The van der Waals surface area contributed by atoms with Crippen LogP contribution in [0.4, 0.5) is 0 Å². The van der Waals surface area contributed by atoms with Gasteiger partial charge in [-0.2, -0.15) is 4.31 Å². The number of hydrogen-bond donors (Lipinski definition) is 1. The predicted molar refractivity (Wildman–Crippen MR) is 67.1 cm³/mol. The highest BCUT2D eigenvalue weighted by Gasteiger charge is 2.20. The average Bonchev–Trinajstić information content (AvgIpc) is 2.30. The number of carbonyl (C=O) groups excluding carboxylic acids is 1. The van der Waals surface area contributed by atoms with Crippen LogP contribution in [0, 0.1) is 0 Å². The molecule has 1 rings (SSSR count). The first-order valence-electron chi connectivity index (χ1n) is 6.19. The average molecular weight is 262 g/mol. The van der Waals surface area contributed by atoms with Gasteiger partial charge in [0.15, 0.2) is 0 Å². The van der Waals surface area contributed by atoms with E-state index in [9.17, 15) is 13.2 Å². The number of nitrogens with one attached hydrogen (secondary N) is 1. The standard InChI is InChI=1S/C11H22N2O3S/c1-3-17(15,16)13(2)9-11(14)12-10-7-5-4-6-8-10/h10H,3-9H2,1-2H3,(H,12,14). The molecule has 6 heteroatoms. The van der Waals surface area contributed by atoms with Crippen LogP contribution in [0.1, 0.15) is 39.0 Å². The number of amides is 1. The van der Waals surface area contributed by atoms with Gasteiger partial charge in [-0.3, -0.25) is 4.79 Å². The molecular weight excluding hydrogens is 240 g/mol. The molecule has 100 valence electrons. The van der Waals surface area contributed by atoms with Gasteiger partial charge in [0.05, 0.1) is 12.3 Å². The molecule has 0 aromatic rings. The molecule has 0 aliphatic heterocycles. The first kappa shape index (κ1) is 14.4. The van der Waals surface area contributed by atoms with Crippen molar-refractivity contribution in [1.82, 2.24) is 9.62 Å². The zero-order valence-corrected chi connectivity index (χ0v) is 11.4. The van der Waals surface area contributed by atoms with Crippen LogP contribution >= 0.6 is 0 Å². The third-order valence-electron chi connectivity index (χ3n) is 3.18. The number of hydrogen-bond acceptors (Lipinski definition) is 3. The second-order valence-electron chi connectivity index (χ2n) is 4.56. The molecule has 17 heavy (non-hydrogen) atoms. The zero-order chi connectivity index (χ0) is 12.9. The number of likely N-dealkylation sites (N-methyl/N-ethyl adjacent to an activating group) is 1. The monoisotopic (exact) mass is 262 g/mol. The van der Waals surface area contributed by atoms with Crippen LogP contribution < -0.4 is 5.32 Å². The quantitative estimate of drug-likeness (QED) is 0.794. The lowest BCUT2D eigenvalue weighted by Gasteiger charge is -2.24. The number of nitrogens with zero attached hydrogens (tertiary/aromatic N) is 1. The minimum absolute atomic E-state index is 0.0280. The summed E-state index contributed by atoms with van der Waals surface area (Å²) >= 11 is 0. The van der Waals surface area contributed by atoms with Gasteiger partial charge < -0.3 is 5.32 Å². The zero-order valence-electron chi connectivity index (χ0n) is 10.6. The van der Waals surface area contributed by atoms with Gasteiger partial charge in [0.1, 0.15) is 0 Å². The minimum Gasteiger partial charge on any atom is -0.352 e. The van der Waals surface area contributed by atoms with Gasteiger partial charge in [0.25, 0.3) is 0 Å². The topological polar surface area (TPSA) is 66.5 Å². The van der Waals surface area contributed by atoms with Crippen molar-refractivity contribution in [2.75, 3.05) is 19.3 Å². The summed E-state index contributed by atoms with van der Waals surface area (Å²) in [6, 6.07) is 0.231. The molecule has 0 unspecified atom stereocenters. The molecule has 0 radical (unpaired) electrons. The van der Waals surface area contributed by atoms with E-state index in [1.165, 1.54) is 13.5 Å². The lowest BCUT2D eigenvalue weighted by Crippen LogP contribution is -2.43. The highest BCUT2D eigenvalue weighted by Crippen LogP contribution is 2.17. The van der Waals surface area contributed by atoms with Crippen molar-refractivity contribution in [2.45, 2.75) is 45.1 Å². The van der Waals surface area contributed by atoms with E-state index in [0.717, 1.165) is 30.0 Å². The number of sulfonamides is 1. The predicted octanol–water partition coefficient (Wildman–Crippen LogP) is 0.717. The van der Waals surface area contributed by atoms with Crippen molar-refractivity contribution in [3.8, 4) is 0 Å². The van der Waals surface area contributed by atoms with E-state index in [0.29, 0.717) is 0 Å². The second kappa shape index (κ2) is 6.35. The molecule has 0 aromatic heterocycles. The molecule has 5 nitrogen and oxygen atoms in total. The Kier molecular flexibility index (Phi) is 5.39. The Morgan fingerprint density at radius 1 is 1.29 bits per heavy atom. The minimum atomic E-state index is -3.26. The fourth-order valence-electron chi connectivity index (χ4n) is 2.04. The molecule has 1 amide bonds.